The zero-order chi connectivity index (χ0) is 13.0. The summed E-state index contributed by atoms with van der Waals surface area (Å²) in [5, 5.41) is 8.81. The van der Waals surface area contributed by atoms with Crippen LogP contribution in [0.25, 0.3) is 0 Å². The molecule has 0 amide bonds. The van der Waals surface area contributed by atoms with Gasteiger partial charge >= 0.3 is 0 Å². The van der Waals surface area contributed by atoms with E-state index >= 15 is 0 Å². The van der Waals surface area contributed by atoms with Gasteiger partial charge in [0.25, 0.3) is 0 Å². The Hall–Kier alpha value is -1.20. The smallest absolute Gasteiger partial charge is 0.190 e. The summed E-state index contributed by atoms with van der Waals surface area (Å²) in [5.41, 5.74) is 0.191. The van der Waals surface area contributed by atoms with Crippen molar-refractivity contribution in [1.29, 1.82) is 0 Å². The van der Waals surface area contributed by atoms with Gasteiger partial charge in [0.1, 0.15) is 0 Å². The average molecular weight is 258 g/mol. The van der Waals surface area contributed by atoms with Gasteiger partial charge in [-0.05, 0) is 30.5 Å². The molecule has 1 aromatic carbocycles. The maximum Gasteiger partial charge on any atom is 0.190 e. The zero-order valence-electron chi connectivity index (χ0n) is 9.99. The van der Waals surface area contributed by atoms with E-state index in [1.807, 2.05) is 0 Å². The fourth-order valence-electron chi connectivity index (χ4n) is 2.01. The highest BCUT2D eigenvalue weighted by Gasteiger charge is 2.17. The van der Waals surface area contributed by atoms with Gasteiger partial charge in [-0.1, -0.05) is 0 Å². The molecule has 2 rings (SSSR count). The van der Waals surface area contributed by atoms with Crippen LogP contribution in [0.15, 0.2) is 12.1 Å². The van der Waals surface area contributed by atoms with Crippen LogP contribution < -0.4 is 4.74 Å². The Balaban J connectivity index is 1.92. The largest absolute Gasteiger partial charge is 0.488 e. The summed E-state index contributed by atoms with van der Waals surface area (Å²) >= 11 is 0. The van der Waals surface area contributed by atoms with Gasteiger partial charge in [0.2, 0.25) is 0 Å². The molecule has 1 aliphatic heterocycles. The Bertz CT molecular complexity index is 380. The van der Waals surface area contributed by atoms with Crippen LogP contribution in [0.2, 0.25) is 0 Å². The fourth-order valence-corrected chi connectivity index (χ4v) is 2.01. The Kier molecular flexibility index (Phi) is 4.49. The Morgan fingerprint density at radius 1 is 1.33 bits per heavy atom. The Morgan fingerprint density at radius 2 is 2.06 bits per heavy atom. The molecule has 100 valence electrons. The molecule has 1 saturated heterocycles. The highest BCUT2D eigenvalue weighted by Crippen LogP contribution is 2.24. The second kappa shape index (κ2) is 6.11. The van der Waals surface area contributed by atoms with Gasteiger partial charge in [-0.3, -0.25) is 0 Å². The van der Waals surface area contributed by atoms with E-state index in [4.69, 9.17) is 14.6 Å². The predicted molar refractivity (Wildman–Crippen MR) is 61.4 cm³/mol. The highest BCUT2D eigenvalue weighted by molar-refractivity contribution is 5.31. The zero-order valence-corrected chi connectivity index (χ0v) is 9.99. The summed E-state index contributed by atoms with van der Waals surface area (Å²) in [6, 6.07) is 2.15. The molecule has 1 atom stereocenters. The number of hydrogen-bond donors (Lipinski definition) is 1. The second-order valence-electron chi connectivity index (χ2n) is 4.32. The van der Waals surface area contributed by atoms with Crippen LogP contribution >= 0.6 is 0 Å². The third kappa shape index (κ3) is 3.17. The lowest BCUT2D eigenvalue weighted by atomic mass is 10.2. The first-order valence-electron chi connectivity index (χ1n) is 6.04. The van der Waals surface area contributed by atoms with Gasteiger partial charge in [0, 0.05) is 13.0 Å². The minimum Gasteiger partial charge on any atom is -0.488 e. The van der Waals surface area contributed by atoms with Crippen molar-refractivity contribution in [2.75, 3.05) is 13.2 Å². The van der Waals surface area contributed by atoms with Crippen molar-refractivity contribution in [1.82, 2.24) is 0 Å². The summed E-state index contributed by atoms with van der Waals surface area (Å²) in [7, 11) is 0. The SMILES string of the molecule is OCc1cc(F)c(OCCC2CCCO2)c(F)c1. The van der Waals surface area contributed by atoms with E-state index in [0.717, 1.165) is 31.6 Å². The lowest BCUT2D eigenvalue weighted by molar-refractivity contribution is 0.0890. The van der Waals surface area contributed by atoms with Crippen LogP contribution in [-0.4, -0.2) is 24.4 Å². The van der Waals surface area contributed by atoms with Crippen molar-refractivity contribution >= 4 is 0 Å². The lowest BCUT2D eigenvalue weighted by Gasteiger charge is -2.12. The van der Waals surface area contributed by atoms with E-state index in [9.17, 15) is 8.78 Å². The third-order valence-corrected chi connectivity index (χ3v) is 2.95. The quantitative estimate of drug-likeness (QED) is 0.881. The fraction of sp³-hybridized carbons (Fsp3) is 0.538. The van der Waals surface area contributed by atoms with Gasteiger partial charge in [-0.15, -0.1) is 0 Å². The summed E-state index contributed by atoms with van der Waals surface area (Å²) < 4.78 is 37.5. The van der Waals surface area contributed by atoms with Gasteiger partial charge in [0.15, 0.2) is 17.4 Å². The molecule has 0 radical (unpaired) electrons. The van der Waals surface area contributed by atoms with E-state index in [-0.39, 0.29) is 24.0 Å². The first-order valence-corrected chi connectivity index (χ1v) is 6.04. The Labute approximate surface area is 104 Å². The van der Waals surface area contributed by atoms with Crippen molar-refractivity contribution in [3.63, 3.8) is 0 Å². The summed E-state index contributed by atoms with van der Waals surface area (Å²) in [5.74, 6) is -1.96. The number of halogens is 2. The minimum absolute atomic E-state index is 0.132. The third-order valence-electron chi connectivity index (χ3n) is 2.95. The molecule has 1 fully saturated rings. The first-order chi connectivity index (χ1) is 8.70. The van der Waals surface area contributed by atoms with E-state index in [0.29, 0.717) is 6.42 Å². The van der Waals surface area contributed by atoms with Crippen LogP contribution in [0.3, 0.4) is 0 Å². The van der Waals surface area contributed by atoms with E-state index in [2.05, 4.69) is 0 Å². The van der Waals surface area contributed by atoms with Crippen molar-refractivity contribution in [3.05, 3.63) is 29.3 Å². The number of benzene rings is 1. The topological polar surface area (TPSA) is 38.7 Å². The molecule has 1 N–H and O–H groups in total. The van der Waals surface area contributed by atoms with E-state index < -0.39 is 18.2 Å². The molecule has 0 aliphatic carbocycles. The van der Waals surface area contributed by atoms with Gasteiger partial charge in [0.05, 0.1) is 19.3 Å². The van der Waals surface area contributed by atoms with E-state index in [1.54, 1.807) is 0 Å². The van der Waals surface area contributed by atoms with Gasteiger partial charge in [-0.25, -0.2) is 8.78 Å². The normalized spacial score (nSPS) is 19.2. The molecule has 0 aromatic heterocycles. The molecule has 1 aliphatic rings. The maximum atomic E-state index is 13.5. The van der Waals surface area contributed by atoms with Crippen molar-refractivity contribution in [2.45, 2.75) is 32.0 Å². The Morgan fingerprint density at radius 3 is 2.61 bits per heavy atom. The highest BCUT2D eigenvalue weighted by atomic mass is 19.1. The van der Waals surface area contributed by atoms with Crippen LogP contribution in [0.4, 0.5) is 8.78 Å². The number of ether oxygens (including phenoxy) is 2. The second-order valence-corrected chi connectivity index (χ2v) is 4.32. The average Bonchev–Trinajstić information content (AvgIpc) is 2.85. The molecule has 18 heavy (non-hydrogen) atoms. The van der Waals surface area contributed by atoms with Crippen LogP contribution in [0, 0.1) is 11.6 Å². The molecule has 0 bridgehead atoms. The van der Waals surface area contributed by atoms with Crippen LogP contribution in [0.5, 0.6) is 5.75 Å². The van der Waals surface area contributed by atoms with Crippen LogP contribution in [-0.2, 0) is 11.3 Å². The molecular weight excluding hydrogens is 242 g/mol. The monoisotopic (exact) mass is 258 g/mol. The summed E-state index contributed by atoms with van der Waals surface area (Å²) in [4.78, 5) is 0. The van der Waals surface area contributed by atoms with Gasteiger partial charge < -0.3 is 14.6 Å². The number of rotatable bonds is 5. The molecule has 5 heteroatoms. The number of aliphatic hydroxyl groups excluding tert-OH is 1. The number of aliphatic hydroxyl groups is 1. The molecule has 3 nitrogen and oxygen atoms in total. The van der Waals surface area contributed by atoms with Crippen molar-refractivity contribution < 1.29 is 23.4 Å². The minimum atomic E-state index is -0.786. The van der Waals surface area contributed by atoms with Gasteiger partial charge in [-0.2, -0.15) is 0 Å². The molecular formula is C13H16F2O3. The molecule has 1 heterocycles. The van der Waals surface area contributed by atoms with Crippen molar-refractivity contribution in [2.24, 2.45) is 0 Å². The molecule has 0 saturated carbocycles. The predicted octanol–water partition coefficient (Wildman–Crippen LogP) is 2.41. The molecule has 1 aromatic rings. The first kappa shape index (κ1) is 13.2. The van der Waals surface area contributed by atoms with Crippen molar-refractivity contribution in [3.8, 4) is 5.75 Å². The molecule has 1 unspecified atom stereocenters. The maximum absolute atomic E-state index is 13.5. The summed E-state index contributed by atoms with van der Waals surface area (Å²) in [6.45, 7) is 0.569. The summed E-state index contributed by atoms with van der Waals surface area (Å²) in [6.07, 6.45) is 2.75. The van der Waals surface area contributed by atoms with Crippen LogP contribution in [0.1, 0.15) is 24.8 Å². The lowest BCUT2D eigenvalue weighted by Crippen LogP contribution is -2.12. The molecule has 0 spiro atoms. The van der Waals surface area contributed by atoms with E-state index in [1.165, 1.54) is 0 Å². The standard InChI is InChI=1S/C13H16F2O3/c14-11-6-9(8-16)7-12(15)13(11)18-5-3-10-2-1-4-17-10/h6-7,10,16H,1-5,8H2. The number of hydrogen-bond acceptors (Lipinski definition) is 3.